The van der Waals surface area contributed by atoms with Crippen molar-refractivity contribution in [3.8, 4) is 16.9 Å². The maximum atomic E-state index is 12.8. The molecule has 2 aromatic carbocycles. The molecular weight excluding hydrogens is 410 g/mol. The van der Waals surface area contributed by atoms with E-state index in [0.29, 0.717) is 5.69 Å². The summed E-state index contributed by atoms with van der Waals surface area (Å²) in [6, 6.07) is 19.6. The lowest BCUT2D eigenvalue weighted by Gasteiger charge is -2.09. The lowest BCUT2D eigenvalue weighted by molar-refractivity contribution is 0.601. The molecule has 5 aromatic rings. The fourth-order valence-corrected chi connectivity index (χ4v) is 4.40. The van der Waals surface area contributed by atoms with Gasteiger partial charge in [-0.15, -0.1) is 0 Å². The molecule has 3 heterocycles. The molecule has 0 spiro atoms. The SMILES string of the molecule is Cc1ccn2cc(-c3ccc(NS(=O)(=O)c4ccc(-n5cccn5)cc4)cc3)nc2c1. The Morgan fingerprint density at radius 2 is 1.71 bits per heavy atom. The van der Waals surface area contributed by atoms with Crippen molar-refractivity contribution in [2.24, 2.45) is 0 Å². The topological polar surface area (TPSA) is 81.3 Å². The molecule has 154 valence electrons. The summed E-state index contributed by atoms with van der Waals surface area (Å²) in [4.78, 5) is 4.83. The average molecular weight is 430 g/mol. The molecule has 5 rings (SSSR count). The number of imidazole rings is 1. The lowest BCUT2D eigenvalue weighted by atomic mass is 10.1. The molecule has 0 fully saturated rings. The number of rotatable bonds is 5. The maximum Gasteiger partial charge on any atom is 0.261 e. The van der Waals surface area contributed by atoms with Crippen LogP contribution < -0.4 is 4.72 Å². The van der Waals surface area contributed by atoms with E-state index < -0.39 is 10.0 Å². The molecule has 0 saturated heterocycles. The molecule has 0 amide bonds. The number of nitrogens with one attached hydrogen (secondary N) is 1. The summed E-state index contributed by atoms with van der Waals surface area (Å²) in [5, 5.41) is 4.14. The predicted molar refractivity (Wildman–Crippen MR) is 120 cm³/mol. The van der Waals surface area contributed by atoms with Crippen LogP contribution in [0.3, 0.4) is 0 Å². The largest absolute Gasteiger partial charge is 0.306 e. The molecule has 0 aliphatic carbocycles. The van der Waals surface area contributed by atoms with E-state index in [1.54, 1.807) is 53.5 Å². The zero-order valence-corrected chi connectivity index (χ0v) is 17.5. The van der Waals surface area contributed by atoms with Gasteiger partial charge in [-0.25, -0.2) is 18.1 Å². The van der Waals surface area contributed by atoms with Gasteiger partial charge in [0.1, 0.15) is 5.65 Å². The highest BCUT2D eigenvalue weighted by Crippen LogP contribution is 2.23. The number of pyridine rings is 1. The summed E-state index contributed by atoms with van der Waals surface area (Å²) in [7, 11) is -3.70. The Morgan fingerprint density at radius 3 is 2.42 bits per heavy atom. The van der Waals surface area contributed by atoms with Crippen molar-refractivity contribution >= 4 is 21.4 Å². The van der Waals surface area contributed by atoms with Crippen LogP contribution >= 0.6 is 0 Å². The van der Waals surface area contributed by atoms with E-state index in [1.807, 2.05) is 54.0 Å². The minimum Gasteiger partial charge on any atom is -0.306 e. The summed E-state index contributed by atoms with van der Waals surface area (Å²) in [5.74, 6) is 0. The minimum absolute atomic E-state index is 0.184. The van der Waals surface area contributed by atoms with E-state index in [4.69, 9.17) is 0 Å². The van der Waals surface area contributed by atoms with Gasteiger partial charge in [0.25, 0.3) is 10.0 Å². The summed E-state index contributed by atoms with van der Waals surface area (Å²) in [6.07, 6.45) is 7.40. The monoisotopic (exact) mass is 429 g/mol. The highest BCUT2D eigenvalue weighted by molar-refractivity contribution is 7.92. The van der Waals surface area contributed by atoms with Crippen molar-refractivity contribution in [3.05, 3.63) is 97.1 Å². The zero-order chi connectivity index (χ0) is 21.4. The summed E-state index contributed by atoms with van der Waals surface area (Å²) in [5.41, 5.74) is 5.03. The number of hydrogen-bond acceptors (Lipinski definition) is 4. The Bertz CT molecular complexity index is 1450. The summed E-state index contributed by atoms with van der Waals surface area (Å²) >= 11 is 0. The molecule has 0 atom stereocenters. The molecule has 0 saturated carbocycles. The third-order valence-corrected chi connectivity index (χ3v) is 6.36. The van der Waals surface area contributed by atoms with Crippen LogP contribution in [0.2, 0.25) is 0 Å². The van der Waals surface area contributed by atoms with Gasteiger partial charge in [-0.1, -0.05) is 12.1 Å². The number of nitrogens with zero attached hydrogens (tertiary/aromatic N) is 4. The van der Waals surface area contributed by atoms with E-state index in [1.165, 1.54) is 0 Å². The van der Waals surface area contributed by atoms with Crippen LogP contribution in [0.5, 0.6) is 0 Å². The first-order valence-electron chi connectivity index (χ1n) is 9.67. The number of benzene rings is 2. The van der Waals surface area contributed by atoms with Gasteiger partial charge in [0, 0.05) is 36.0 Å². The third kappa shape index (κ3) is 3.80. The predicted octanol–water partition coefficient (Wildman–Crippen LogP) is 4.30. The second kappa shape index (κ2) is 7.41. The van der Waals surface area contributed by atoms with E-state index in [-0.39, 0.29) is 4.90 Å². The van der Waals surface area contributed by atoms with Crippen molar-refractivity contribution in [3.63, 3.8) is 0 Å². The number of sulfonamides is 1. The molecule has 3 aromatic heterocycles. The first-order chi connectivity index (χ1) is 15.0. The van der Waals surface area contributed by atoms with Gasteiger partial charge < -0.3 is 4.40 Å². The Labute approximate surface area is 179 Å². The molecule has 1 N–H and O–H groups in total. The average Bonchev–Trinajstić information content (AvgIpc) is 3.44. The molecular formula is C23H19N5O2S. The van der Waals surface area contributed by atoms with Crippen LogP contribution in [-0.4, -0.2) is 27.6 Å². The normalized spacial score (nSPS) is 11.6. The van der Waals surface area contributed by atoms with Gasteiger partial charge in [-0.05, 0) is 67.1 Å². The number of hydrogen-bond donors (Lipinski definition) is 1. The van der Waals surface area contributed by atoms with Crippen LogP contribution in [0.1, 0.15) is 5.56 Å². The first-order valence-corrected chi connectivity index (χ1v) is 11.1. The number of aryl methyl sites for hydroxylation is 1. The van der Waals surface area contributed by atoms with Crippen LogP contribution in [0.25, 0.3) is 22.6 Å². The molecule has 31 heavy (non-hydrogen) atoms. The first kappa shape index (κ1) is 19.1. The van der Waals surface area contributed by atoms with Gasteiger partial charge >= 0.3 is 0 Å². The van der Waals surface area contributed by atoms with Gasteiger partial charge in [0.15, 0.2) is 0 Å². The standard InChI is InChI=1S/C23H19N5O2S/c1-17-11-14-27-16-22(25-23(27)15-17)18-3-5-19(6-4-18)26-31(29,30)21-9-7-20(8-10-21)28-13-2-12-24-28/h2-16,26H,1H3. The molecule has 0 aliphatic heterocycles. The second-order valence-electron chi connectivity index (χ2n) is 7.22. The zero-order valence-electron chi connectivity index (χ0n) is 16.7. The van der Waals surface area contributed by atoms with E-state index in [2.05, 4.69) is 14.8 Å². The fraction of sp³-hybridized carbons (Fsp3) is 0.0435. The molecule has 7 nitrogen and oxygen atoms in total. The van der Waals surface area contributed by atoms with Crippen molar-refractivity contribution in [1.82, 2.24) is 19.2 Å². The van der Waals surface area contributed by atoms with Crippen LogP contribution in [-0.2, 0) is 10.0 Å². The quantitative estimate of drug-likeness (QED) is 0.452. The van der Waals surface area contributed by atoms with E-state index in [0.717, 1.165) is 28.2 Å². The number of fused-ring (bicyclic) bond motifs is 1. The molecule has 8 heteroatoms. The molecule has 0 bridgehead atoms. The van der Waals surface area contributed by atoms with Crippen molar-refractivity contribution in [1.29, 1.82) is 0 Å². The molecule has 0 radical (unpaired) electrons. The molecule has 0 aliphatic rings. The Hall–Kier alpha value is -3.91. The highest BCUT2D eigenvalue weighted by Gasteiger charge is 2.15. The number of anilines is 1. The highest BCUT2D eigenvalue weighted by atomic mass is 32.2. The lowest BCUT2D eigenvalue weighted by Crippen LogP contribution is -2.13. The van der Waals surface area contributed by atoms with Crippen molar-refractivity contribution in [2.75, 3.05) is 4.72 Å². The summed E-state index contributed by atoms with van der Waals surface area (Å²) in [6.45, 7) is 2.03. The Morgan fingerprint density at radius 1 is 0.935 bits per heavy atom. The minimum atomic E-state index is -3.70. The van der Waals surface area contributed by atoms with Crippen LogP contribution in [0, 0.1) is 6.92 Å². The second-order valence-corrected chi connectivity index (χ2v) is 8.91. The third-order valence-electron chi connectivity index (χ3n) is 4.96. The van der Waals surface area contributed by atoms with Crippen LogP contribution in [0.15, 0.2) is 96.4 Å². The van der Waals surface area contributed by atoms with E-state index in [9.17, 15) is 8.42 Å². The van der Waals surface area contributed by atoms with Gasteiger partial charge in [-0.2, -0.15) is 5.10 Å². The smallest absolute Gasteiger partial charge is 0.261 e. The summed E-state index contributed by atoms with van der Waals surface area (Å²) < 4.78 is 31.8. The van der Waals surface area contributed by atoms with E-state index >= 15 is 0 Å². The maximum absolute atomic E-state index is 12.8. The van der Waals surface area contributed by atoms with Gasteiger partial charge in [0.2, 0.25) is 0 Å². The van der Waals surface area contributed by atoms with Crippen molar-refractivity contribution < 1.29 is 8.42 Å². The van der Waals surface area contributed by atoms with Crippen molar-refractivity contribution in [2.45, 2.75) is 11.8 Å². The Balaban J connectivity index is 1.35. The van der Waals surface area contributed by atoms with Gasteiger partial charge in [0.05, 0.1) is 16.3 Å². The van der Waals surface area contributed by atoms with Gasteiger partial charge in [-0.3, -0.25) is 4.72 Å². The molecule has 0 unspecified atom stereocenters. The fourth-order valence-electron chi connectivity index (χ4n) is 3.35. The Kier molecular flexibility index (Phi) is 4.56. The number of aromatic nitrogens is 4. The van der Waals surface area contributed by atoms with Crippen LogP contribution in [0.4, 0.5) is 5.69 Å².